The molecule has 0 aliphatic heterocycles. The molecule has 0 unspecified atom stereocenters. The average Bonchev–Trinajstić information content (AvgIpc) is 2.44. The Kier molecular flexibility index (Phi) is 6.29. The minimum Gasteiger partial charge on any atom is -0.462 e. The third kappa shape index (κ3) is 5.56. The molecule has 5 nitrogen and oxygen atoms in total. The van der Waals surface area contributed by atoms with Crippen molar-refractivity contribution in [3.8, 4) is 0 Å². The number of carbonyl (C=O) groups excluding carboxylic acids is 2. The van der Waals surface area contributed by atoms with E-state index in [0.29, 0.717) is 5.57 Å². The second-order valence-corrected chi connectivity index (χ2v) is 4.26. The predicted molar refractivity (Wildman–Crippen MR) is 76.4 cm³/mol. The summed E-state index contributed by atoms with van der Waals surface area (Å²) in [6.45, 7) is 5.10. The molecule has 108 valence electrons. The lowest BCUT2D eigenvalue weighted by Gasteiger charge is -2.07. The van der Waals surface area contributed by atoms with Crippen LogP contribution in [-0.2, 0) is 25.5 Å². The minimum atomic E-state index is -0.483. The second kappa shape index (κ2) is 7.99. The zero-order valence-corrected chi connectivity index (χ0v) is 11.8. The molecule has 0 amide bonds. The highest BCUT2D eigenvalue weighted by molar-refractivity contribution is 5.86. The van der Waals surface area contributed by atoms with Gasteiger partial charge in [-0.05, 0) is 24.6 Å². The molecule has 1 rings (SSSR count). The summed E-state index contributed by atoms with van der Waals surface area (Å²) in [6, 6.07) is 7.48. The first-order valence-corrected chi connectivity index (χ1v) is 6.28. The maximum atomic E-state index is 11.5. The van der Waals surface area contributed by atoms with Gasteiger partial charge in [-0.3, -0.25) is 4.79 Å². The van der Waals surface area contributed by atoms with Crippen molar-refractivity contribution in [1.82, 2.24) is 0 Å². The molecule has 0 saturated heterocycles. The number of ether oxygens (including phenoxy) is 2. The Morgan fingerprint density at radius 3 is 2.30 bits per heavy atom. The summed E-state index contributed by atoms with van der Waals surface area (Å²) in [4.78, 5) is 22.6. The first-order valence-electron chi connectivity index (χ1n) is 6.28. The highest BCUT2D eigenvalue weighted by Gasteiger charge is 2.06. The third-order valence-corrected chi connectivity index (χ3v) is 2.52. The van der Waals surface area contributed by atoms with Crippen molar-refractivity contribution in [2.45, 2.75) is 13.3 Å². The smallest absolute Gasteiger partial charge is 0.333 e. The molecule has 5 heteroatoms. The zero-order chi connectivity index (χ0) is 15.0. The fraction of sp³-hybridized carbons (Fsp3) is 0.333. The van der Waals surface area contributed by atoms with E-state index in [4.69, 9.17) is 9.47 Å². The van der Waals surface area contributed by atoms with Crippen LogP contribution >= 0.6 is 0 Å². The van der Waals surface area contributed by atoms with Gasteiger partial charge in [-0.2, -0.15) is 0 Å². The van der Waals surface area contributed by atoms with Gasteiger partial charge in [0, 0.05) is 18.3 Å². The van der Waals surface area contributed by atoms with Crippen LogP contribution in [0, 0.1) is 0 Å². The van der Waals surface area contributed by atoms with Crippen molar-refractivity contribution in [1.29, 1.82) is 0 Å². The van der Waals surface area contributed by atoms with Crippen LogP contribution in [0.25, 0.3) is 0 Å². The van der Waals surface area contributed by atoms with Gasteiger partial charge in [0.2, 0.25) is 0 Å². The fourth-order valence-electron chi connectivity index (χ4n) is 1.42. The fourth-order valence-corrected chi connectivity index (χ4v) is 1.42. The number of hydrogen-bond acceptors (Lipinski definition) is 5. The first kappa shape index (κ1) is 15.8. The Labute approximate surface area is 118 Å². The van der Waals surface area contributed by atoms with Crippen molar-refractivity contribution < 1.29 is 19.1 Å². The molecular weight excluding hydrogens is 258 g/mol. The van der Waals surface area contributed by atoms with Gasteiger partial charge in [-0.15, -0.1) is 0 Å². The van der Waals surface area contributed by atoms with Crippen LogP contribution in [0.15, 0.2) is 36.4 Å². The molecule has 0 bridgehead atoms. The van der Waals surface area contributed by atoms with Crippen molar-refractivity contribution in [3.05, 3.63) is 42.0 Å². The lowest BCUT2D eigenvalue weighted by Crippen LogP contribution is -2.15. The van der Waals surface area contributed by atoms with E-state index in [1.807, 2.05) is 31.3 Å². The number of carbonyl (C=O) groups is 2. The largest absolute Gasteiger partial charge is 0.462 e. The molecule has 0 fully saturated rings. The van der Waals surface area contributed by atoms with E-state index in [1.54, 1.807) is 6.92 Å². The molecule has 1 aromatic rings. The quantitative estimate of drug-likeness (QED) is 0.469. The summed E-state index contributed by atoms with van der Waals surface area (Å²) in [6.07, 6.45) is 0.193. The number of nitrogens with one attached hydrogen (secondary N) is 1. The molecule has 0 aliphatic rings. The lowest BCUT2D eigenvalue weighted by atomic mass is 10.1. The van der Waals surface area contributed by atoms with Gasteiger partial charge in [-0.25, -0.2) is 4.79 Å². The normalized spacial score (nSPS) is 9.70. The Bertz CT molecular complexity index is 479. The van der Waals surface area contributed by atoms with E-state index in [0.717, 1.165) is 11.3 Å². The van der Waals surface area contributed by atoms with E-state index < -0.39 is 5.97 Å². The molecule has 0 saturated carbocycles. The highest BCUT2D eigenvalue weighted by atomic mass is 16.6. The van der Waals surface area contributed by atoms with Crippen LogP contribution in [0.5, 0.6) is 0 Å². The molecular formula is C15H19NO4. The monoisotopic (exact) mass is 277 g/mol. The maximum Gasteiger partial charge on any atom is 0.333 e. The Hall–Kier alpha value is -2.30. The Balaban J connectivity index is 2.26. The maximum absolute atomic E-state index is 11.5. The number of benzene rings is 1. The van der Waals surface area contributed by atoms with Gasteiger partial charge >= 0.3 is 11.9 Å². The molecule has 0 aliphatic carbocycles. The average molecular weight is 277 g/mol. The molecule has 0 radical (unpaired) electrons. The Morgan fingerprint density at radius 1 is 1.15 bits per heavy atom. The summed E-state index contributed by atoms with van der Waals surface area (Å²) in [5.41, 5.74) is 2.17. The van der Waals surface area contributed by atoms with E-state index in [2.05, 4.69) is 11.9 Å². The number of esters is 2. The van der Waals surface area contributed by atoms with Crippen molar-refractivity contribution in [2.24, 2.45) is 0 Å². The lowest BCUT2D eigenvalue weighted by molar-refractivity contribution is -0.149. The molecule has 0 heterocycles. The van der Waals surface area contributed by atoms with E-state index in [1.165, 1.54) is 0 Å². The second-order valence-electron chi connectivity index (χ2n) is 4.26. The predicted octanol–water partition coefficient (Wildman–Crippen LogP) is 1.93. The van der Waals surface area contributed by atoms with E-state index in [9.17, 15) is 9.59 Å². The van der Waals surface area contributed by atoms with E-state index in [-0.39, 0.29) is 25.6 Å². The SMILES string of the molecule is C=C(C)C(=O)OCCOC(=O)Cc1ccc(NC)cc1. The van der Waals surface area contributed by atoms with Gasteiger partial charge in [0.1, 0.15) is 13.2 Å². The van der Waals surface area contributed by atoms with Gasteiger partial charge < -0.3 is 14.8 Å². The highest BCUT2D eigenvalue weighted by Crippen LogP contribution is 2.09. The van der Waals surface area contributed by atoms with Crippen molar-refractivity contribution in [2.75, 3.05) is 25.6 Å². The van der Waals surface area contributed by atoms with Crippen molar-refractivity contribution in [3.63, 3.8) is 0 Å². The van der Waals surface area contributed by atoms with Gasteiger partial charge in [-0.1, -0.05) is 18.7 Å². The zero-order valence-electron chi connectivity index (χ0n) is 11.8. The summed E-state index contributed by atoms with van der Waals surface area (Å²) < 4.78 is 9.78. The molecule has 0 aromatic heterocycles. The number of anilines is 1. The Morgan fingerprint density at radius 2 is 1.75 bits per heavy atom. The molecule has 1 aromatic carbocycles. The third-order valence-electron chi connectivity index (χ3n) is 2.52. The van der Waals surface area contributed by atoms with Gasteiger partial charge in [0.25, 0.3) is 0 Å². The van der Waals surface area contributed by atoms with Gasteiger partial charge in [0.15, 0.2) is 0 Å². The summed E-state index contributed by atoms with van der Waals surface area (Å²) >= 11 is 0. The summed E-state index contributed by atoms with van der Waals surface area (Å²) in [7, 11) is 1.83. The van der Waals surface area contributed by atoms with Crippen LogP contribution in [0.3, 0.4) is 0 Å². The topological polar surface area (TPSA) is 64.6 Å². The molecule has 20 heavy (non-hydrogen) atoms. The minimum absolute atomic E-state index is 0.0378. The number of hydrogen-bond donors (Lipinski definition) is 1. The van der Waals surface area contributed by atoms with E-state index >= 15 is 0 Å². The van der Waals surface area contributed by atoms with Crippen LogP contribution < -0.4 is 5.32 Å². The van der Waals surface area contributed by atoms with Crippen LogP contribution in [0.4, 0.5) is 5.69 Å². The van der Waals surface area contributed by atoms with Crippen LogP contribution in [0.2, 0.25) is 0 Å². The molecule has 0 atom stereocenters. The molecule has 0 spiro atoms. The first-order chi connectivity index (χ1) is 9.52. The van der Waals surface area contributed by atoms with Gasteiger partial charge in [0.05, 0.1) is 6.42 Å². The van der Waals surface area contributed by atoms with Crippen molar-refractivity contribution >= 4 is 17.6 Å². The van der Waals surface area contributed by atoms with Crippen LogP contribution in [0.1, 0.15) is 12.5 Å². The summed E-state index contributed by atoms with van der Waals surface area (Å²) in [5, 5.41) is 3.00. The molecule has 1 N–H and O–H groups in total. The van der Waals surface area contributed by atoms with Crippen LogP contribution in [-0.4, -0.2) is 32.2 Å². The standard InChI is InChI=1S/C15H19NO4/c1-11(2)15(18)20-9-8-19-14(17)10-12-4-6-13(16-3)7-5-12/h4-7,16H,1,8-10H2,2-3H3. The number of rotatable bonds is 7. The summed E-state index contributed by atoms with van der Waals surface area (Å²) in [5.74, 6) is -0.836.